The predicted molar refractivity (Wildman–Crippen MR) is 77.7 cm³/mol. The highest BCUT2D eigenvalue weighted by atomic mass is 32.2. The number of benzene rings is 1. The van der Waals surface area contributed by atoms with Gasteiger partial charge in [-0.15, -0.1) is 0 Å². The fourth-order valence-electron chi connectivity index (χ4n) is 2.24. The van der Waals surface area contributed by atoms with Crippen molar-refractivity contribution in [3.05, 3.63) is 29.8 Å². The van der Waals surface area contributed by atoms with Gasteiger partial charge in [-0.05, 0) is 18.1 Å². The Kier molecular flexibility index (Phi) is 4.80. The van der Waals surface area contributed by atoms with Gasteiger partial charge >= 0.3 is 0 Å². The minimum Gasteiger partial charge on any atom is -0.332 e. The molecule has 1 aromatic rings. The first-order chi connectivity index (χ1) is 9.15. The number of anilines is 1. The summed E-state index contributed by atoms with van der Waals surface area (Å²) >= 11 is 1.63. The second kappa shape index (κ2) is 6.37. The highest BCUT2D eigenvalue weighted by molar-refractivity contribution is 8.15. The molecule has 1 aliphatic heterocycles. The van der Waals surface area contributed by atoms with E-state index in [2.05, 4.69) is 24.2 Å². The number of nitrogens with zero attached hydrogens (tertiary/aromatic N) is 1. The van der Waals surface area contributed by atoms with Crippen molar-refractivity contribution in [1.29, 1.82) is 0 Å². The SMILES string of the molecule is CCC(CC)C1CN=C(Nc2cccc(F)c2F)S1. The lowest BCUT2D eigenvalue weighted by Gasteiger charge is -2.18. The van der Waals surface area contributed by atoms with Crippen LogP contribution in [0.15, 0.2) is 23.2 Å². The Labute approximate surface area is 116 Å². The van der Waals surface area contributed by atoms with Gasteiger partial charge in [0.2, 0.25) is 0 Å². The van der Waals surface area contributed by atoms with Crippen LogP contribution < -0.4 is 5.32 Å². The Morgan fingerprint density at radius 1 is 1.37 bits per heavy atom. The molecule has 1 aromatic carbocycles. The molecule has 2 nitrogen and oxygen atoms in total. The van der Waals surface area contributed by atoms with E-state index in [9.17, 15) is 8.78 Å². The number of rotatable bonds is 4. The van der Waals surface area contributed by atoms with Crippen LogP contribution in [0.25, 0.3) is 0 Å². The molecular weight excluding hydrogens is 266 g/mol. The Hall–Kier alpha value is -1.10. The Morgan fingerprint density at radius 2 is 2.11 bits per heavy atom. The number of nitrogens with one attached hydrogen (secondary N) is 1. The van der Waals surface area contributed by atoms with E-state index in [0.717, 1.165) is 25.5 Å². The van der Waals surface area contributed by atoms with Crippen LogP contribution in [-0.4, -0.2) is 17.0 Å². The fourth-order valence-corrected chi connectivity index (χ4v) is 3.57. The van der Waals surface area contributed by atoms with Crippen molar-refractivity contribution in [2.24, 2.45) is 10.9 Å². The fraction of sp³-hybridized carbons (Fsp3) is 0.500. The van der Waals surface area contributed by atoms with Crippen LogP contribution in [0.1, 0.15) is 26.7 Å². The number of amidine groups is 1. The predicted octanol–water partition coefficient (Wildman–Crippen LogP) is 4.28. The van der Waals surface area contributed by atoms with E-state index in [1.165, 1.54) is 12.1 Å². The Morgan fingerprint density at radius 3 is 2.79 bits per heavy atom. The Balaban J connectivity index is 2.00. The molecule has 0 fully saturated rings. The van der Waals surface area contributed by atoms with E-state index in [1.54, 1.807) is 11.8 Å². The molecule has 0 amide bonds. The van der Waals surface area contributed by atoms with Gasteiger partial charge in [0.15, 0.2) is 16.8 Å². The maximum Gasteiger partial charge on any atom is 0.182 e. The van der Waals surface area contributed by atoms with Crippen molar-refractivity contribution < 1.29 is 8.78 Å². The largest absolute Gasteiger partial charge is 0.332 e. The minimum atomic E-state index is -0.850. The highest BCUT2D eigenvalue weighted by Crippen LogP contribution is 2.32. The molecule has 0 spiro atoms. The zero-order valence-electron chi connectivity index (χ0n) is 11.1. The molecule has 0 saturated heterocycles. The summed E-state index contributed by atoms with van der Waals surface area (Å²) in [6, 6.07) is 4.11. The number of hydrogen-bond donors (Lipinski definition) is 1. The molecule has 104 valence electrons. The van der Waals surface area contributed by atoms with E-state index in [1.807, 2.05) is 0 Å². The molecule has 0 aromatic heterocycles. The lowest BCUT2D eigenvalue weighted by atomic mass is 9.99. The normalized spacial score (nSPS) is 18.8. The molecule has 0 bridgehead atoms. The first-order valence-corrected chi connectivity index (χ1v) is 7.45. The van der Waals surface area contributed by atoms with Crippen molar-refractivity contribution in [2.75, 3.05) is 11.9 Å². The minimum absolute atomic E-state index is 0.149. The van der Waals surface area contributed by atoms with Gasteiger partial charge in [0.1, 0.15) is 0 Å². The van der Waals surface area contributed by atoms with Gasteiger partial charge in [0.05, 0.1) is 12.2 Å². The molecule has 5 heteroatoms. The molecule has 1 N–H and O–H groups in total. The molecule has 0 saturated carbocycles. The van der Waals surface area contributed by atoms with Crippen LogP contribution in [0.5, 0.6) is 0 Å². The van der Waals surface area contributed by atoms with Crippen LogP contribution in [0.4, 0.5) is 14.5 Å². The summed E-state index contributed by atoms with van der Waals surface area (Å²) in [5.74, 6) is -1.08. The monoisotopic (exact) mass is 284 g/mol. The summed E-state index contributed by atoms with van der Waals surface area (Å²) in [5.41, 5.74) is 0.149. The van der Waals surface area contributed by atoms with E-state index in [-0.39, 0.29) is 5.69 Å². The van der Waals surface area contributed by atoms with Crippen LogP contribution in [0.2, 0.25) is 0 Å². The third-order valence-corrected chi connectivity index (χ3v) is 4.74. The van der Waals surface area contributed by atoms with Gasteiger partial charge in [0, 0.05) is 5.25 Å². The topological polar surface area (TPSA) is 24.4 Å². The summed E-state index contributed by atoms with van der Waals surface area (Å²) in [7, 11) is 0. The molecule has 19 heavy (non-hydrogen) atoms. The standard InChI is InChI=1S/C14H18F2N2S/c1-3-9(4-2)12-8-17-14(19-12)18-11-7-5-6-10(15)13(11)16/h5-7,9,12H,3-4,8H2,1-2H3,(H,17,18). The quantitative estimate of drug-likeness (QED) is 0.892. The zero-order chi connectivity index (χ0) is 13.8. The van der Waals surface area contributed by atoms with Crippen LogP contribution in [0.3, 0.4) is 0 Å². The summed E-state index contributed by atoms with van der Waals surface area (Å²) in [6.07, 6.45) is 2.23. The van der Waals surface area contributed by atoms with Gasteiger partial charge in [-0.1, -0.05) is 44.5 Å². The summed E-state index contributed by atoms with van der Waals surface area (Å²) in [4.78, 5) is 4.38. The van der Waals surface area contributed by atoms with E-state index >= 15 is 0 Å². The smallest absolute Gasteiger partial charge is 0.182 e. The number of thioether (sulfide) groups is 1. The second-order valence-electron chi connectivity index (χ2n) is 4.61. The molecule has 0 radical (unpaired) electrons. The van der Waals surface area contributed by atoms with Gasteiger partial charge in [-0.2, -0.15) is 0 Å². The first kappa shape index (κ1) is 14.3. The molecule has 2 rings (SSSR count). The summed E-state index contributed by atoms with van der Waals surface area (Å²) < 4.78 is 26.6. The van der Waals surface area contributed by atoms with E-state index < -0.39 is 11.6 Å². The average molecular weight is 284 g/mol. The van der Waals surface area contributed by atoms with E-state index in [0.29, 0.717) is 16.3 Å². The zero-order valence-corrected chi connectivity index (χ0v) is 11.9. The van der Waals surface area contributed by atoms with E-state index in [4.69, 9.17) is 0 Å². The highest BCUT2D eigenvalue weighted by Gasteiger charge is 2.26. The summed E-state index contributed by atoms with van der Waals surface area (Å²) in [6.45, 7) is 5.09. The van der Waals surface area contributed by atoms with Crippen molar-refractivity contribution in [3.8, 4) is 0 Å². The van der Waals surface area contributed by atoms with Crippen molar-refractivity contribution in [1.82, 2.24) is 0 Å². The van der Waals surface area contributed by atoms with Crippen LogP contribution in [-0.2, 0) is 0 Å². The Bertz CT molecular complexity index is 473. The van der Waals surface area contributed by atoms with Crippen molar-refractivity contribution >= 4 is 22.6 Å². The van der Waals surface area contributed by atoms with Crippen molar-refractivity contribution in [2.45, 2.75) is 31.9 Å². The molecule has 1 aliphatic rings. The number of aliphatic imine (C=N–C) groups is 1. The van der Waals surface area contributed by atoms with Crippen LogP contribution >= 0.6 is 11.8 Å². The lowest BCUT2D eigenvalue weighted by Crippen LogP contribution is -2.17. The molecular formula is C14H18F2N2S. The number of halogens is 2. The maximum absolute atomic E-state index is 13.5. The van der Waals surface area contributed by atoms with Gasteiger partial charge < -0.3 is 5.32 Å². The maximum atomic E-state index is 13.5. The number of hydrogen-bond acceptors (Lipinski definition) is 3. The molecule has 1 unspecified atom stereocenters. The molecule has 1 atom stereocenters. The summed E-state index contributed by atoms with van der Waals surface area (Å²) in [5, 5.41) is 4.00. The van der Waals surface area contributed by atoms with Crippen molar-refractivity contribution in [3.63, 3.8) is 0 Å². The first-order valence-electron chi connectivity index (χ1n) is 6.57. The second-order valence-corrected chi connectivity index (χ2v) is 5.83. The van der Waals surface area contributed by atoms with Gasteiger partial charge in [-0.25, -0.2) is 8.78 Å². The lowest BCUT2D eigenvalue weighted by molar-refractivity contribution is 0.479. The average Bonchev–Trinajstić information content (AvgIpc) is 2.85. The van der Waals surface area contributed by atoms with Gasteiger partial charge in [0.25, 0.3) is 0 Å². The third-order valence-electron chi connectivity index (χ3n) is 3.45. The van der Waals surface area contributed by atoms with Crippen LogP contribution in [0, 0.1) is 17.6 Å². The molecule has 1 heterocycles. The van der Waals surface area contributed by atoms with Gasteiger partial charge in [-0.3, -0.25) is 4.99 Å². The third kappa shape index (κ3) is 3.26. The molecule has 0 aliphatic carbocycles.